The van der Waals surface area contributed by atoms with E-state index in [4.69, 9.17) is 4.74 Å². The zero-order valence-corrected chi connectivity index (χ0v) is 12.6. The van der Waals surface area contributed by atoms with Gasteiger partial charge in [-0.15, -0.1) is 0 Å². The molecule has 19 heavy (non-hydrogen) atoms. The zero-order chi connectivity index (χ0) is 13.7. The van der Waals surface area contributed by atoms with Crippen LogP contribution in [0.1, 0.15) is 45.2 Å². The number of nitrogens with one attached hydrogen (secondary N) is 1. The third-order valence-corrected chi connectivity index (χ3v) is 4.03. The van der Waals surface area contributed by atoms with Crippen LogP contribution in [-0.4, -0.2) is 24.3 Å². The molecule has 1 N–H and O–H groups in total. The Morgan fingerprint density at radius 1 is 1.37 bits per heavy atom. The van der Waals surface area contributed by atoms with Gasteiger partial charge >= 0.3 is 0 Å². The number of hydrogen-bond donors (Lipinski definition) is 1. The molecule has 2 heterocycles. The third-order valence-electron chi connectivity index (χ3n) is 4.03. The van der Waals surface area contributed by atoms with Gasteiger partial charge in [0.1, 0.15) is 0 Å². The Bertz CT molecular complexity index is 367. The first-order valence-corrected chi connectivity index (χ1v) is 7.67. The Hall–Kier alpha value is -0.800. The lowest BCUT2D eigenvalue weighted by Crippen LogP contribution is -2.25. The van der Waals surface area contributed by atoms with Crippen LogP contribution in [0.4, 0.5) is 0 Å². The Labute approximate surface area is 117 Å². The maximum Gasteiger partial charge on any atom is 0.0469 e. The van der Waals surface area contributed by atoms with Crippen LogP contribution >= 0.6 is 0 Å². The Kier molecular flexibility index (Phi) is 5.46. The molecular formula is C16H28N2O. The van der Waals surface area contributed by atoms with Crippen LogP contribution in [0.2, 0.25) is 0 Å². The normalized spacial score (nSPS) is 18.9. The minimum absolute atomic E-state index is 0.473. The zero-order valence-electron chi connectivity index (χ0n) is 12.6. The van der Waals surface area contributed by atoms with Crippen molar-refractivity contribution in [2.45, 2.75) is 46.2 Å². The van der Waals surface area contributed by atoms with Crippen LogP contribution in [-0.2, 0) is 11.3 Å². The van der Waals surface area contributed by atoms with Crippen LogP contribution in [0.15, 0.2) is 18.5 Å². The summed E-state index contributed by atoms with van der Waals surface area (Å²) in [6.45, 7) is 10.8. The molecule has 3 heteroatoms. The van der Waals surface area contributed by atoms with Crippen LogP contribution in [0.3, 0.4) is 0 Å². The smallest absolute Gasteiger partial charge is 0.0469 e. The second kappa shape index (κ2) is 7.11. The van der Waals surface area contributed by atoms with E-state index < -0.39 is 0 Å². The summed E-state index contributed by atoms with van der Waals surface area (Å²) in [5, 5.41) is 3.58. The molecule has 0 aromatic carbocycles. The van der Waals surface area contributed by atoms with E-state index in [1.165, 1.54) is 18.4 Å². The van der Waals surface area contributed by atoms with Crippen LogP contribution in [0.25, 0.3) is 0 Å². The first-order valence-electron chi connectivity index (χ1n) is 7.67. The average Bonchev–Trinajstić information content (AvgIpc) is 2.85. The van der Waals surface area contributed by atoms with Gasteiger partial charge in [-0.2, -0.15) is 0 Å². The van der Waals surface area contributed by atoms with Crippen molar-refractivity contribution in [3.8, 4) is 0 Å². The fourth-order valence-corrected chi connectivity index (χ4v) is 2.94. The van der Waals surface area contributed by atoms with Gasteiger partial charge in [0, 0.05) is 38.2 Å². The van der Waals surface area contributed by atoms with Gasteiger partial charge in [0.2, 0.25) is 0 Å². The molecule has 0 saturated carbocycles. The van der Waals surface area contributed by atoms with Crippen molar-refractivity contribution in [2.75, 3.05) is 19.8 Å². The molecule has 0 bridgehead atoms. The second-order valence-corrected chi connectivity index (χ2v) is 5.98. The highest BCUT2D eigenvalue weighted by Gasteiger charge is 2.17. The van der Waals surface area contributed by atoms with E-state index in [0.29, 0.717) is 12.0 Å². The molecule has 1 aliphatic rings. The lowest BCUT2D eigenvalue weighted by molar-refractivity contribution is 0.0613. The molecule has 0 aliphatic carbocycles. The standard InChI is InChI=1S/C16H28N2O/c1-4-17-16(13(2)3)15-5-8-18(12-15)11-14-6-9-19-10-7-14/h5,8,12-14,16-17H,4,6-7,9-11H2,1-3H3. The van der Waals surface area contributed by atoms with Gasteiger partial charge in [-0.25, -0.2) is 0 Å². The van der Waals surface area contributed by atoms with Crippen LogP contribution in [0, 0.1) is 11.8 Å². The van der Waals surface area contributed by atoms with Crippen LogP contribution < -0.4 is 5.32 Å². The predicted molar refractivity (Wildman–Crippen MR) is 79.2 cm³/mol. The van der Waals surface area contributed by atoms with E-state index in [9.17, 15) is 0 Å². The summed E-state index contributed by atoms with van der Waals surface area (Å²) in [6.07, 6.45) is 6.96. The van der Waals surface area contributed by atoms with Gasteiger partial charge in [0.25, 0.3) is 0 Å². The number of ether oxygens (including phenoxy) is 1. The van der Waals surface area contributed by atoms with E-state index in [0.717, 1.165) is 32.2 Å². The lowest BCUT2D eigenvalue weighted by atomic mass is 9.98. The average molecular weight is 264 g/mol. The summed E-state index contributed by atoms with van der Waals surface area (Å²) in [4.78, 5) is 0. The quantitative estimate of drug-likeness (QED) is 0.854. The van der Waals surface area contributed by atoms with Crippen molar-refractivity contribution < 1.29 is 4.74 Å². The third kappa shape index (κ3) is 4.08. The molecule has 1 fully saturated rings. The molecule has 1 aromatic rings. The summed E-state index contributed by atoms with van der Waals surface area (Å²) in [6, 6.07) is 2.74. The molecule has 2 rings (SSSR count). The first-order chi connectivity index (χ1) is 9.20. The maximum absolute atomic E-state index is 5.42. The van der Waals surface area contributed by atoms with E-state index in [1.807, 2.05) is 0 Å². The fraction of sp³-hybridized carbons (Fsp3) is 0.750. The number of aromatic nitrogens is 1. The monoisotopic (exact) mass is 264 g/mol. The number of nitrogens with zero attached hydrogens (tertiary/aromatic N) is 1. The second-order valence-electron chi connectivity index (χ2n) is 5.98. The van der Waals surface area contributed by atoms with Gasteiger partial charge in [-0.3, -0.25) is 0 Å². The van der Waals surface area contributed by atoms with Gasteiger partial charge in [-0.05, 0) is 42.9 Å². The molecule has 1 saturated heterocycles. The highest BCUT2D eigenvalue weighted by atomic mass is 16.5. The molecule has 1 aliphatic heterocycles. The van der Waals surface area contributed by atoms with E-state index in [2.05, 4.69) is 49.1 Å². The minimum atomic E-state index is 0.473. The molecule has 1 aromatic heterocycles. The molecule has 108 valence electrons. The minimum Gasteiger partial charge on any atom is -0.381 e. The molecule has 0 spiro atoms. The number of hydrogen-bond acceptors (Lipinski definition) is 2. The topological polar surface area (TPSA) is 26.2 Å². The van der Waals surface area contributed by atoms with E-state index in [-0.39, 0.29) is 0 Å². The summed E-state index contributed by atoms with van der Waals surface area (Å²) < 4.78 is 7.78. The predicted octanol–water partition coefficient (Wildman–Crippen LogP) is 3.22. The fourth-order valence-electron chi connectivity index (χ4n) is 2.94. The first kappa shape index (κ1) is 14.6. The van der Waals surface area contributed by atoms with Gasteiger partial charge in [-0.1, -0.05) is 20.8 Å². The largest absolute Gasteiger partial charge is 0.381 e. The van der Waals surface area contributed by atoms with Crippen molar-refractivity contribution in [2.24, 2.45) is 11.8 Å². The van der Waals surface area contributed by atoms with Gasteiger partial charge < -0.3 is 14.6 Å². The van der Waals surface area contributed by atoms with Gasteiger partial charge in [0.15, 0.2) is 0 Å². The van der Waals surface area contributed by atoms with Crippen molar-refractivity contribution in [3.63, 3.8) is 0 Å². The summed E-state index contributed by atoms with van der Waals surface area (Å²) in [5.41, 5.74) is 1.42. The van der Waals surface area contributed by atoms with E-state index >= 15 is 0 Å². The van der Waals surface area contributed by atoms with Crippen molar-refractivity contribution in [1.82, 2.24) is 9.88 Å². The summed E-state index contributed by atoms with van der Waals surface area (Å²) in [7, 11) is 0. The molecular weight excluding hydrogens is 236 g/mol. The number of rotatable bonds is 6. The molecule has 1 unspecified atom stereocenters. The lowest BCUT2D eigenvalue weighted by Gasteiger charge is -2.23. The van der Waals surface area contributed by atoms with E-state index in [1.54, 1.807) is 0 Å². The van der Waals surface area contributed by atoms with Gasteiger partial charge in [0.05, 0.1) is 0 Å². The molecule has 1 atom stereocenters. The van der Waals surface area contributed by atoms with Crippen molar-refractivity contribution in [1.29, 1.82) is 0 Å². The molecule has 0 amide bonds. The van der Waals surface area contributed by atoms with Crippen molar-refractivity contribution in [3.05, 3.63) is 24.0 Å². The van der Waals surface area contributed by atoms with Crippen molar-refractivity contribution >= 4 is 0 Å². The Balaban J connectivity index is 1.96. The highest BCUT2D eigenvalue weighted by Crippen LogP contribution is 2.23. The summed E-state index contributed by atoms with van der Waals surface area (Å²) >= 11 is 0. The summed E-state index contributed by atoms with van der Waals surface area (Å²) in [5.74, 6) is 1.41. The molecule has 3 nitrogen and oxygen atoms in total. The Morgan fingerprint density at radius 3 is 2.74 bits per heavy atom. The molecule has 0 radical (unpaired) electrons. The van der Waals surface area contributed by atoms with Crippen LogP contribution in [0.5, 0.6) is 0 Å². The Morgan fingerprint density at radius 2 is 2.11 bits per heavy atom. The SMILES string of the molecule is CCNC(c1ccn(CC2CCOCC2)c1)C(C)C. The maximum atomic E-state index is 5.42. The highest BCUT2D eigenvalue weighted by molar-refractivity contribution is 5.16.